The van der Waals surface area contributed by atoms with Crippen molar-refractivity contribution < 1.29 is 9.53 Å². The Morgan fingerprint density at radius 2 is 2.14 bits per heavy atom. The fraction of sp³-hybridized carbons (Fsp3) is 0.909. The molecule has 0 amide bonds. The molecule has 0 aliphatic heterocycles. The standard InChI is InChI=1S/C11H19NO2/c1-3-14-10(13)11(6-8(2)7-11)12-9-4-5-9/h8-9,12H,3-7H2,1-2H3. The zero-order valence-electron chi connectivity index (χ0n) is 9.01. The summed E-state index contributed by atoms with van der Waals surface area (Å²) in [7, 11) is 0. The lowest BCUT2D eigenvalue weighted by atomic mass is 9.69. The molecular formula is C11H19NO2. The fourth-order valence-corrected chi connectivity index (χ4v) is 2.36. The normalized spacial score (nSPS) is 36.3. The van der Waals surface area contributed by atoms with Crippen molar-refractivity contribution >= 4 is 5.97 Å². The molecule has 2 saturated carbocycles. The molecular weight excluding hydrogens is 178 g/mol. The van der Waals surface area contributed by atoms with Gasteiger partial charge in [-0.25, -0.2) is 0 Å². The van der Waals surface area contributed by atoms with Crippen LogP contribution in [0.4, 0.5) is 0 Å². The fourth-order valence-electron chi connectivity index (χ4n) is 2.36. The van der Waals surface area contributed by atoms with Gasteiger partial charge in [-0.1, -0.05) is 6.92 Å². The van der Waals surface area contributed by atoms with Crippen LogP contribution < -0.4 is 5.32 Å². The number of carbonyl (C=O) groups excluding carboxylic acids is 1. The molecule has 0 radical (unpaired) electrons. The van der Waals surface area contributed by atoms with Gasteiger partial charge in [-0.3, -0.25) is 10.1 Å². The van der Waals surface area contributed by atoms with Crippen LogP contribution in [0.15, 0.2) is 0 Å². The van der Waals surface area contributed by atoms with Gasteiger partial charge in [0.1, 0.15) is 5.54 Å². The van der Waals surface area contributed by atoms with E-state index in [1.165, 1.54) is 12.8 Å². The predicted molar refractivity (Wildman–Crippen MR) is 53.9 cm³/mol. The van der Waals surface area contributed by atoms with Crippen LogP contribution in [-0.2, 0) is 9.53 Å². The molecule has 2 aliphatic carbocycles. The Bertz CT molecular complexity index is 229. The minimum absolute atomic E-state index is 0.0370. The minimum atomic E-state index is -0.323. The molecule has 0 bridgehead atoms. The van der Waals surface area contributed by atoms with Crippen molar-refractivity contribution in [1.82, 2.24) is 5.32 Å². The van der Waals surface area contributed by atoms with Crippen LogP contribution in [0.2, 0.25) is 0 Å². The molecule has 0 aromatic rings. The highest BCUT2D eigenvalue weighted by atomic mass is 16.5. The summed E-state index contributed by atoms with van der Waals surface area (Å²) in [4.78, 5) is 11.8. The van der Waals surface area contributed by atoms with E-state index in [0.29, 0.717) is 18.6 Å². The van der Waals surface area contributed by atoms with Gasteiger partial charge in [0.2, 0.25) is 0 Å². The van der Waals surface area contributed by atoms with Gasteiger partial charge in [0.15, 0.2) is 0 Å². The van der Waals surface area contributed by atoms with E-state index in [4.69, 9.17) is 4.74 Å². The zero-order valence-corrected chi connectivity index (χ0v) is 9.01. The maximum absolute atomic E-state index is 11.8. The monoisotopic (exact) mass is 197 g/mol. The lowest BCUT2D eigenvalue weighted by molar-refractivity contribution is -0.157. The summed E-state index contributed by atoms with van der Waals surface area (Å²) in [5, 5.41) is 3.44. The molecule has 0 heterocycles. The first kappa shape index (κ1) is 9.97. The highest BCUT2D eigenvalue weighted by molar-refractivity contribution is 5.82. The summed E-state index contributed by atoms with van der Waals surface area (Å²) in [5.74, 6) is 0.621. The number of carbonyl (C=O) groups is 1. The molecule has 0 atom stereocenters. The molecule has 0 aromatic heterocycles. The molecule has 0 spiro atoms. The zero-order chi connectivity index (χ0) is 10.2. The summed E-state index contributed by atoms with van der Waals surface area (Å²) >= 11 is 0. The Labute approximate surface area is 85.2 Å². The van der Waals surface area contributed by atoms with E-state index < -0.39 is 0 Å². The average molecular weight is 197 g/mol. The largest absolute Gasteiger partial charge is 0.465 e. The van der Waals surface area contributed by atoms with Gasteiger partial charge in [0.05, 0.1) is 6.61 Å². The molecule has 0 saturated heterocycles. The van der Waals surface area contributed by atoms with Gasteiger partial charge < -0.3 is 4.74 Å². The van der Waals surface area contributed by atoms with Crippen molar-refractivity contribution in [3.05, 3.63) is 0 Å². The number of esters is 1. The molecule has 80 valence electrons. The van der Waals surface area contributed by atoms with Gasteiger partial charge >= 0.3 is 5.97 Å². The van der Waals surface area contributed by atoms with Crippen LogP contribution in [0.5, 0.6) is 0 Å². The van der Waals surface area contributed by atoms with Crippen LogP contribution in [0.1, 0.15) is 39.5 Å². The van der Waals surface area contributed by atoms with Crippen molar-refractivity contribution in [1.29, 1.82) is 0 Å². The second-order valence-electron chi connectivity index (χ2n) is 4.73. The smallest absolute Gasteiger partial charge is 0.326 e. The van der Waals surface area contributed by atoms with E-state index >= 15 is 0 Å². The molecule has 2 rings (SSSR count). The third-order valence-corrected chi connectivity index (χ3v) is 3.12. The van der Waals surface area contributed by atoms with Gasteiger partial charge in [0.25, 0.3) is 0 Å². The van der Waals surface area contributed by atoms with Crippen molar-refractivity contribution in [3.8, 4) is 0 Å². The Hall–Kier alpha value is -0.570. The third-order valence-electron chi connectivity index (χ3n) is 3.12. The number of hydrogen-bond acceptors (Lipinski definition) is 3. The van der Waals surface area contributed by atoms with Crippen LogP contribution in [0.25, 0.3) is 0 Å². The van der Waals surface area contributed by atoms with E-state index in [9.17, 15) is 4.79 Å². The molecule has 0 aromatic carbocycles. The lowest BCUT2D eigenvalue weighted by Crippen LogP contribution is -2.61. The van der Waals surface area contributed by atoms with Crippen LogP contribution in [-0.4, -0.2) is 24.2 Å². The predicted octanol–water partition coefficient (Wildman–Crippen LogP) is 1.47. The molecule has 1 N–H and O–H groups in total. The quantitative estimate of drug-likeness (QED) is 0.694. The Morgan fingerprint density at radius 3 is 2.57 bits per heavy atom. The van der Waals surface area contributed by atoms with Crippen LogP contribution in [0, 0.1) is 5.92 Å². The van der Waals surface area contributed by atoms with Crippen molar-refractivity contribution in [2.45, 2.75) is 51.1 Å². The van der Waals surface area contributed by atoms with E-state index in [1.807, 2.05) is 6.92 Å². The Morgan fingerprint density at radius 1 is 1.50 bits per heavy atom. The van der Waals surface area contributed by atoms with E-state index in [2.05, 4.69) is 12.2 Å². The van der Waals surface area contributed by atoms with Crippen molar-refractivity contribution in [2.24, 2.45) is 5.92 Å². The molecule has 3 heteroatoms. The van der Waals surface area contributed by atoms with Crippen LogP contribution >= 0.6 is 0 Å². The van der Waals surface area contributed by atoms with Gasteiger partial charge in [0, 0.05) is 6.04 Å². The SMILES string of the molecule is CCOC(=O)C1(NC2CC2)CC(C)C1. The highest BCUT2D eigenvalue weighted by Crippen LogP contribution is 2.40. The third kappa shape index (κ3) is 1.78. The second-order valence-corrected chi connectivity index (χ2v) is 4.73. The number of rotatable bonds is 4. The van der Waals surface area contributed by atoms with E-state index in [0.717, 1.165) is 12.8 Å². The number of nitrogens with one attached hydrogen (secondary N) is 1. The maximum atomic E-state index is 11.8. The second kappa shape index (κ2) is 3.54. The molecule has 2 fully saturated rings. The first-order valence-corrected chi connectivity index (χ1v) is 5.61. The van der Waals surface area contributed by atoms with Crippen LogP contribution in [0.3, 0.4) is 0 Å². The first-order chi connectivity index (χ1) is 6.66. The molecule has 2 aliphatic rings. The van der Waals surface area contributed by atoms with Gasteiger partial charge in [-0.15, -0.1) is 0 Å². The van der Waals surface area contributed by atoms with Crippen molar-refractivity contribution in [2.75, 3.05) is 6.61 Å². The summed E-state index contributed by atoms with van der Waals surface area (Å²) in [6.07, 6.45) is 4.33. The first-order valence-electron chi connectivity index (χ1n) is 5.61. The minimum Gasteiger partial charge on any atom is -0.465 e. The number of hydrogen-bond donors (Lipinski definition) is 1. The van der Waals surface area contributed by atoms with Crippen molar-refractivity contribution in [3.63, 3.8) is 0 Å². The lowest BCUT2D eigenvalue weighted by Gasteiger charge is -2.44. The number of ether oxygens (including phenoxy) is 1. The summed E-state index contributed by atoms with van der Waals surface area (Å²) in [5.41, 5.74) is -0.323. The highest BCUT2D eigenvalue weighted by Gasteiger charge is 2.51. The van der Waals surface area contributed by atoms with Gasteiger partial charge in [-0.2, -0.15) is 0 Å². The summed E-state index contributed by atoms with van der Waals surface area (Å²) in [6.45, 7) is 4.54. The summed E-state index contributed by atoms with van der Waals surface area (Å²) in [6, 6.07) is 0.576. The Balaban J connectivity index is 1.95. The van der Waals surface area contributed by atoms with E-state index in [1.54, 1.807) is 0 Å². The topological polar surface area (TPSA) is 38.3 Å². The molecule has 0 unspecified atom stereocenters. The Kier molecular flexibility index (Phi) is 2.52. The van der Waals surface area contributed by atoms with Gasteiger partial charge in [-0.05, 0) is 38.5 Å². The molecule has 14 heavy (non-hydrogen) atoms. The summed E-state index contributed by atoms with van der Waals surface area (Å²) < 4.78 is 5.12. The average Bonchev–Trinajstić information content (AvgIpc) is 2.85. The van der Waals surface area contributed by atoms with E-state index in [-0.39, 0.29) is 11.5 Å². The maximum Gasteiger partial charge on any atom is 0.326 e. The molecule has 3 nitrogen and oxygen atoms in total.